The van der Waals surface area contributed by atoms with Gasteiger partial charge in [0, 0.05) is 19.5 Å². The zero-order valence-corrected chi connectivity index (χ0v) is 24.8. The van der Waals surface area contributed by atoms with E-state index in [2.05, 4.69) is 27.3 Å². The smallest absolute Gasteiger partial charge is 0.243 e. The van der Waals surface area contributed by atoms with E-state index in [1.54, 1.807) is 32.0 Å². The van der Waals surface area contributed by atoms with Crippen molar-refractivity contribution in [2.45, 2.75) is 95.5 Å². The van der Waals surface area contributed by atoms with Crippen LogP contribution in [0.4, 0.5) is 0 Å². The third-order valence-electron chi connectivity index (χ3n) is 8.12. The molecule has 2 fully saturated rings. The van der Waals surface area contributed by atoms with Crippen molar-refractivity contribution in [2.75, 3.05) is 26.3 Å². The van der Waals surface area contributed by atoms with E-state index in [1.165, 1.54) is 0 Å². The van der Waals surface area contributed by atoms with E-state index in [-0.39, 0.29) is 36.4 Å². The van der Waals surface area contributed by atoms with Gasteiger partial charge in [0.15, 0.2) is 5.78 Å². The molecule has 3 aliphatic rings. The minimum atomic E-state index is -1.06. The molecule has 11 nitrogen and oxygen atoms in total. The summed E-state index contributed by atoms with van der Waals surface area (Å²) in [5, 5.41) is 21.9. The van der Waals surface area contributed by atoms with Crippen LogP contribution in [0, 0.1) is 0 Å². The minimum absolute atomic E-state index is 0.0781. The number of hydrogen-bond donors (Lipinski definition) is 5. The molecule has 5 N–H and O–H groups in total. The van der Waals surface area contributed by atoms with Crippen molar-refractivity contribution in [3.8, 4) is 5.75 Å². The maximum absolute atomic E-state index is 13.7. The number of aromatic hydroxyl groups is 1. The van der Waals surface area contributed by atoms with Gasteiger partial charge in [-0.2, -0.15) is 0 Å². The lowest BCUT2D eigenvalue weighted by atomic mass is 9.93. The van der Waals surface area contributed by atoms with Crippen molar-refractivity contribution >= 4 is 23.5 Å². The summed E-state index contributed by atoms with van der Waals surface area (Å²) in [6.45, 7) is 7.31. The van der Waals surface area contributed by atoms with Crippen LogP contribution in [0.3, 0.4) is 0 Å². The van der Waals surface area contributed by atoms with E-state index in [0.717, 1.165) is 36.9 Å². The number of allylic oxidation sites excluding steroid dienone is 1. The Morgan fingerprint density at radius 2 is 1.88 bits per heavy atom. The first-order valence-electron chi connectivity index (χ1n) is 15.0. The molecule has 2 saturated heterocycles. The maximum atomic E-state index is 13.7. The zero-order valence-electron chi connectivity index (χ0n) is 24.8. The third kappa shape index (κ3) is 8.62. The summed E-state index contributed by atoms with van der Waals surface area (Å²) >= 11 is 0. The first kappa shape index (κ1) is 31.7. The Kier molecular flexibility index (Phi) is 10.7. The van der Waals surface area contributed by atoms with E-state index in [0.29, 0.717) is 38.2 Å². The SMILES string of the molecule is CCc1ccc(C[C@H](NC(=O)[C@H](C)NC(=O)CC2CNCCO2)C(=O)N[C@@H](CC2=CCCC2)C(=O)[C@@]2(C)CO2)cc1O. The number of aryl methyl sites for hydroxylation is 1. The molecule has 5 atom stereocenters. The number of Topliss-reactive ketones (excluding diaryl/α,β-unsaturated/α-hetero) is 1. The molecule has 0 radical (unpaired) electrons. The number of amides is 3. The number of phenolic OH excluding ortho intramolecular Hbond substituents is 1. The summed E-state index contributed by atoms with van der Waals surface area (Å²) in [6.07, 6.45) is 5.90. The molecule has 1 unspecified atom stereocenters. The molecule has 0 bridgehead atoms. The Labute approximate surface area is 247 Å². The number of hydrogen-bond acceptors (Lipinski definition) is 8. The highest BCUT2D eigenvalue weighted by molar-refractivity contribution is 5.98. The quantitative estimate of drug-likeness (QED) is 0.161. The highest BCUT2D eigenvalue weighted by atomic mass is 16.6. The van der Waals surface area contributed by atoms with Crippen LogP contribution in [0.5, 0.6) is 5.75 Å². The molecule has 42 heavy (non-hydrogen) atoms. The Bertz CT molecular complexity index is 1190. The molecule has 11 heteroatoms. The summed E-state index contributed by atoms with van der Waals surface area (Å²) in [4.78, 5) is 52.8. The van der Waals surface area contributed by atoms with Gasteiger partial charge in [0.05, 0.1) is 31.8 Å². The lowest BCUT2D eigenvalue weighted by Gasteiger charge is -2.26. The maximum Gasteiger partial charge on any atom is 0.243 e. The molecule has 4 rings (SSSR count). The molecule has 1 aromatic rings. The molecular weight excluding hydrogens is 540 g/mol. The van der Waals surface area contributed by atoms with Crippen molar-refractivity contribution in [3.05, 3.63) is 41.0 Å². The Balaban J connectivity index is 1.46. The molecule has 0 spiro atoms. The highest BCUT2D eigenvalue weighted by Crippen LogP contribution is 2.31. The van der Waals surface area contributed by atoms with Crippen LogP contribution >= 0.6 is 0 Å². The third-order valence-corrected chi connectivity index (χ3v) is 8.12. The molecule has 0 saturated carbocycles. The van der Waals surface area contributed by atoms with Gasteiger partial charge < -0.3 is 35.8 Å². The van der Waals surface area contributed by atoms with Gasteiger partial charge in [0.1, 0.15) is 23.4 Å². The van der Waals surface area contributed by atoms with Crippen LogP contribution < -0.4 is 21.3 Å². The molecule has 1 aliphatic carbocycles. The second-order valence-electron chi connectivity index (χ2n) is 11.7. The number of rotatable bonds is 14. The van der Waals surface area contributed by atoms with Crippen molar-refractivity contribution in [1.29, 1.82) is 0 Å². The molecule has 3 amide bonds. The highest BCUT2D eigenvalue weighted by Gasteiger charge is 2.50. The predicted octanol–water partition coefficient (Wildman–Crippen LogP) is 1.21. The molecule has 2 aliphatic heterocycles. The number of ether oxygens (including phenoxy) is 2. The summed E-state index contributed by atoms with van der Waals surface area (Å²) < 4.78 is 11.0. The Morgan fingerprint density at radius 1 is 1.12 bits per heavy atom. The van der Waals surface area contributed by atoms with E-state index in [9.17, 15) is 24.3 Å². The number of nitrogens with one attached hydrogen (secondary N) is 4. The van der Waals surface area contributed by atoms with E-state index < -0.39 is 35.5 Å². The van der Waals surface area contributed by atoms with Crippen molar-refractivity contribution in [3.63, 3.8) is 0 Å². The standard InChI is InChI=1S/C31H44N4O7/c1-4-22-10-9-21(15-26(22)36)14-25(35-29(39)19(2)33-27(37)16-23-17-32-11-12-41-23)30(40)34-24(13-20-7-5-6-8-20)28(38)31(3)18-42-31/h7,9-10,15,19,23-25,32,36H,4-6,8,11-14,16-18H2,1-3H3,(H,33,37)(H,34,40)(H,35,39)/t19-,23?,24-,25-,31+/m0/s1. The zero-order chi connectivity index (χ0) is 30.3. The predicted molar refractivity (Wildman–Crippen MR) is 156 cm³/mol. The second kappa shape index (κ2) is 14.3. The summed E-state index contributed by atoms with van der Waals surface area (Å²) in [6, 6.07) is 2.40. The fourth-order valence-electron chi connectivity index (χ4n) is 5.39. The van der Waals surface area contributed by atoms with Crippen LogP contribution in [-0.4, -0.2) is 84.7 Å². The van der Waals surface area contributed by atoms with Crippen LogP contribution in [0.1, 0.15) is 64.0 Å². The van der Waals surface area contributed by atoms with Gasteiger partial charge >= 0.3 is 0 Å². The van der Waals surface area contributed by atoms with E-state index >= 15 is 0 Å². The number of morpholine rings is 1. The van der Waals surface area contributed by atoms with Crippen molar-refractivity contribution < 1.29 is 33.8 Å². The molecule has 2 heterocycles. The lowest BCUT2D eigenvalue weighted by Crippen LogP contribution is -2.57. The first-order valence-corrected chi connectivity index (χ1v) is 15.0. The number of phenols is 1. The van der Waals surface area contributed by atoms with Crippen molar-refractivity contribution in [1.82, 2.24) is 21.3 Å². The molecule has 230 valence electrons. The van der Waals surface area contributed by atoms with Gasteiger partial charge in [0.2, 0.25) is 17.7 Å². The fraction of sp³-hybridized carbons (Fsp3) is 0.613. The topological polar surface area (TPSA) is 158 Å². The van der Waals surface area contributed by atoms with E-state index in [4.69, 9.17) is 9.47 Å². The number of benzene rings is 1. The molecule has 1 aromatic carbocycles. The van der Waals surface area contributed by atoms with Crippen LogP contribution in [0.15, 0.2) is 29.8 Å². The monoisotopic (exact) mass is 584 g/mol. The normalized spacial score (nSPS) is 23.7. The fourth-order valence-corrected chi connectivity index (χ4v) is 5.39. The number of epoxide rings is 1. The average molecular weight is 585 g/mol. The number of carbonyl (C=O) groups excluding carboxylic acids is 4. The van der Waals surface area contributed by atoms with Crippen LogP contribution in [0.2, 0.25) is 0 Å². The minimum Gasteiger partial charge on any atom is -0.508 e. The Hall–Kier alpha value is -3.28. The van der Waals surface area contributed by atoms with Gasteiger partial charge in [-0.05, 0) is 63.1 Å². The van der Waals surface area contributed by atoms with Crippen molar-refractivity contribution in [2.24, 2.45) is 0 Å². The summed E-state index contributed by atoms with van der Waals surface area (Å²) in [5.41, 5.74) is 1.61. The van der Waals surface area contributed by atoms with Crippen LogP contribution in [0.25, 0.3) is 0 Å². The average Bonchev–Trinajstić information content (AvgIpc) is 3.50. The van der Waals surface area contributed by atoms with Crippen LogP contribution in [-0.2, 0) is 41.5 Å². The van der Waals surface area contributed by atoms with Gasteiger partial charge in [-0.15, -0.1) is 0 Å². The lowest BCUT2D eigenvalue weighted by molar-refractivity contribution is -0.134. The number of carbonyl (C=O) groups is 4. The second-order valence-corrected chi connectivity index (χ2v) is 11.7. The van der Waals surface area contributed by atoms with Gasteiger partial charge in [-0.25, -0.2) is 0 Å². The summed E-state index contributed by atoms with van der Waals surface area (Å²) in [5.74, 6) is -1.48. The summed E-state index contributed by atoms with van der Waals surface area (Å²) in [7, 11) is 0. The molecule has 0 aromatic heterocycles. The van der Waals surface area contributed by atoms with Gasteiger partial charge in [0.25, 0.3) is 0 Å². The molecular formula is C31H44N4O7. The first-order chi connectivity index (χ1) is 20.1. The number of ketones is 1. The van der Waals surface area contributed by atoms with Gasteiger partial charge in [-0.1, -0.05) is 30.7 Å². The van der Waals surface area contributed by atoms with E-state index in [1.807, 2.05) is 6.92 Å². The van der Waals surface area contributed by atoms with Gasteiger partial charge in [-0.3, -0.25) is 19.2 Å². The largest absolute Gasteiger partial charge is 0.508 e. The Morgan fingerprint density at radius 3 is 2.50 bits per heavy atom.